The number of imidazole rings is 1. The summed E-state index contributed by atoms with van der Waals surface area (Å²) in [6, 6.07) is 7.77. The number of anilines is 1. The fourth-order valence-corrected chi connectivity index (χ4v) is 2.71. The highest BCUT2D eigenvalue weighted by atomic mass is 127. The number of ether oxygens (including phenoxy) is 1. The van der Waals surface area contributed by atoms with E-state index in [0.29, 0.717) is 5.69 Å². The number of aromatic nitrogens is 2. The maximum Gasteiger partial charge on any atom is 0.412 e. The second-order valence-electron chi connectivity index (χ2n) is 7.92. The first-order valence-electron chi connectivity index (χ1n) is 10.4. The van der Waals surface area contributed by atoms with Gasteiger partial charge >= 0.3 is 6.09 Å². The number of rotatable bonds is 9. The van der Waals surface area contributed by atoms with Gasteiger partial charge < -0.3 is 19.9 Å². The second-order valence-corrected chi connectivity index (χ2v) is 7.92. The van der Waals surface area contributed by atoms with Crippen molar-refractivity contribution in [1.29, 1.82) is 0 Å². The molecule has 0 saturated carbocycles. The number of nitrogens with one attached hydrogen (secondary N) is 3. The molecule has 1 aromatic heterocycles. The molecule has 9 heteroatoms. The number of carbonyl (C=O) groups excluding carboxylic acids is 1. The van der Waals surface area contributed by atoms with Crippen molar-refractivity contribution in [2.45, 2.75) is 52.7 Å². The van der Waals surface area contributed by atoms with Gasteiger partial charge in [0, 0.05) is 44.3 Å². The van der Waals surface area contributed by atoms with Crippen LogP contribution in [0.2, 0.25) is 0 Å². The van der Waals surface area contributed by atoms with E-state index in [9.17, 15) is 4.79 Å². The Kier molecular flexibility index (Phi) is 12.0. The lowest BCUT2D eigenvalue weighted by Crippen LogP contribution is -2.38. The maximum atomic E-state index is 11.8. The van der Waals surface area contributed by atoms with Gasteiger partial charge in [-0.25, -0.2) is 9.78 Å². The summed E-state index contributed by atoms with van der Waals surface area (Å²) in [7, 11) is 0. The molecule has 0 aliphatic heterocycles. The Bertz CT molecular complexity index is 785. The molecule has 0 aliphatic rings. The van der Waals surface area contributed by atoms with Gasteiger partial charge in [-0.2, -0.15) is 0 Å². The SMILES string of the molecule is CCNC(=NCCCn1ccnc1)NCCc1ccc(NC(=O)OC(C)(C)C)cc1.I. The first-order chi connectivity index (χ1) is 14.4. The van der Waals surface area contributed by atoms with Crippen LogP contribution in [0.4, 0.5) is 10.5 Å². The molecule has 2 aromatic rings. The summed E-state index contributed by atoms with van der Waals surface area (Å²) < 4.78 is 7.32. The quantitative estimate of drug-likeness (QED) is 0.193. The summed E-state index contributed by atoms with van der Waals surface area (Å²) in [5, 5.41) is 9.38. The first-order valence-corrected chi connectivity index (χ1v) is 10.4. The molecule has 31 heavy (non-hydrogen) atoms. The van der Waals surface area contributed by atoms with E-state index in [2.05, 4.69) is 37.4 Å². The average molecular weight is 542 g/mol. The van der Waals surface area contributed by atoms with Gasteiger partial charge in [0.05, 0.1) is 6.33 Å². The summed E-state index contributed by atoms with van der Waals surface area (Å²) in [5.74, 6) is 0.825. The molecule has 3 N–H and O–H groups in total. The fraction of sp³-hybridized carbons (Fsp3) is 0.500. The predicted molar refractivity (Wildman–Crippen MR) is 136 cm³/mol. The van der Waals surface area contributed by atoms with Crippen LogP contribution in [0.3, 0.4) is 0 Å². The topological polar surface area (TPSA) is 92.6 Å². The van der Waals surface area contributed by atoms with Crippen LogP contribution in [0.15, 0.2) is 48.0 Å². The largest absolute Gasteiger partial charge is 0.444 e. The summed E-state index contributed by atoms with van der Waals surface area (Å²) in [6.07, 6.45) is 6.93. The lowest BCUT2D eigenvalue weighted by molar-refractivity contribution is 0.0636. The Morgan fingerprint density at radius 1 is 1.19 bits per heavy atom. The van der Waals surface area contributed by atoms with Crippen LogP contribution in [0, 0.1) is 0 Å². The normalized spacial score (nSPS) is 11.4. The van der Waals surface area contributed by atoms with Crippen LogP contribution in [0.1, 0.15) is 39.7 Å². The molecule has 1 aromatic carbocycles. The highest BCUT2D eigenvalue weighted by molar-refractivity contribution is 14.0. The number of amides is 1. The minimum Gasteiger partial charge on any atom is -0.444 e. The van der Waals surface area contributed by atoms with Crippen LogP contribution >= 0.6 is 24.0 Å². The molecule has 0 aliphatic carbocycles. The Labute approximate surface area is 202 Å². The number of carbonyl (C=O) groups is 1. The molecule has 1 heterocycles. The minimum absolute atomic E-state index is 0. The molecule has 0 atom stereocenters. The molecule has 8 nitrogen and oxygen atoms in total. The molecule has 2 rings (SSSR count). The molecule has 0 saturated heterocycles. The Hall–Kier alpha value is -2.30. The van der Waals surface area contributed by atoms with Gasteiger partial charge in [0.15, 0.2) is 5.96 Å². The van der Waals surface area contributed by atoms with E-state index in [1.807, 2.05) is 57.6 Å². The summed E-state index contributed by atoms with van der Waals surface area (Å²) in [4.78, 5) is 20.5. The first kappa shape index (κ1) is 26.7. The number of hydrogen-bond acceptors (Lipinski definition) is 4. The minimum atomic E-state index is -0.513. The van der Waals surface area contributed by atoms with Crippen LogP contribution in [-0.2, 0) is 17.7 Å². The van der Waals surface area contributed by atoms with Crippen molar-refractivity contribution in [2.24, 2.45) is 4.99 Å². The Balaban J connectivity index is 0.00000480. The van der Waals surface area contributed by atoms with Gasteiger partial charge in [-0.3, -0.25) is 10.3 Å². The summed E-state index contributed by atoms with van der Waals surface area (Å²) >= 11 is 0. The fourth-order valence-electron chi connectivity index (χ4n) is 2.71. The maximum absolute atomic E-state index is 11.8. The highest BCUT2D eigenvalue weighted by Crippen LogP contribution is 2.13. The molecule has 172 valence electrons. The number of hydrogen-bond donors (Lipinski definition) is 3. The number of aryl methyl sites for hydroxylation is 1. The van der Waals surface area contributed by atoms with Gasteiger partial charge in [0.1, 0.15) is 5.60 Å². The van der Waals surface area contributed by atoms with E-state index in [-0.39, 0.29) is 24.0 Å². The summed E-state index contributed by atoms with van der Waals surface area (Å²) in [5.41, 5.74) is 1.38. The zero-order valence-corrected chi connectivity index (χ0v) is 21.2. The van der Waals surface area contributed by atoms with Crippen molar-refractivity contribution < 1.29 is 9.53 Å². The van der Waals surface area contributed by atoms with E-state index in [1.54, 1.807) is 6.20 Å². The third kappa shape index (κ3) is 11.6. The number of aliphatic imine (C=N–C) groups is 1. The number of guanidine groups is 1. The summed E-state index contributed by atoms with van der Waals surface area (Å²) in [6.45, 7) is 10.8. The van der Waals surface area contributed by atoms with E-state index in [0.717, 1.165) is 45.0 Å². The van der Waals surface area contributed by atoms with Gasteiger partial charge in [-0.1, -0.05) is 12.1 Å². The standard InChI is InChI=1S/C22H34N6O2.HI/c1-5-24-20(25-12-6-15-28-16-14-23-17-28)26-13-11-18-7-9-19(10-8-18)27-21(29)30-22(2,3)4;/h7-10,14,16-17H,5-6,11-13,15H2,1-4H3,(H,27,29)(H2,24,25,26);1H. The highest BCUT2D eigenvalue weighted by Gasteiger charge is 2.16. The van der Waals surface area contributed by atoms with Gasteiger partial charge in [-0.05, 0) is 58.2 Å². The molecular formula is C22H35IN6O2. The van der Waals surface area contributed by atoms with Crippen molar-refractivity contribution in [3.63, 3.8) is 0 Å². The van der Waals surface area contributed by atoms with Crippen molar-refractivity contribution in [3.8, 4) is 0 Å². The van der Waals surface area contributed by atoms with Crippen LogP contribution in [0.25, 0.3) is 0 Å². The van der Waals surface area contributed by atoms with E-state index in [1.165, 1.54) is 5.56 Å². The average Bonchev–Trinajstić information content (AvgIpc) is 3.18. The second kappa shape index (κ2) is 13.9. The zero-order chi connectivity index (χ0) is 21.8. The number of halogens is 1. The van der Waals surface area contributed by atoms with Crippen LogP contribution in [0.5, 0.6) is 0 Å². The third-order valence-corrected chi connectivity index (χ3v) is 4.05. The molecule has 0 unspecified atom stereocenters. The number of nitrogens with zero attached hydrogens (tertiary/aromatic N) is 3. The lowest BCUT2D eigenvalue weighted by atomic mass is 10.1. The molecule has 0 radical (unpaired) electrons. The Morgan fingerprint density at radius 3 is 2.55 bits per heavy atom. The molecule has 0 fully saturated rings. The van der Waals surface area contributed by atoms with Gasteiger partial charge in [-0.15, -0.1) is 24.0 Å². The molecule has 0 spiro atoms. The number of benzene rings is 1. The smallest absolute Gasteiger partial charge is 0.412 e. The van der Waals surface area contributed by atoms with E-state index >= 15 is 0 Å². The van der Waals surface area contributed by atoms with Crippen LogP contribution in [-0.4, -0.2) is 46.8 Å². The lowest BCUT2D eigenvalue weighted by Gasteiger charge is -2.19. The van der Waals surface area contributed by atoms with E-state index in [4.69, 9.17) is 4.74 Å². The predicted octanol–water partition coefficient (Wildman–Crippen LogP) is 4.04. The van der Waals surface area contributed by atoms with Crippen LogP contribution < -0.4 is 16.0 Å². The molecular weight excluding hydrogens is 507 g/mol. The van der Waals surface area contributed by atoms with Crippen molar-refractivity contribution >= 4 is 41.7 Å². The van der Waals surface area contributed by atoms with Crippen molar-refractivity contribution in [3.05, 3.63) is 48.5 Å². The third-order valence-electron chi connectivity index (χ3n) is 4.05. The van der Waals surface area contributed by atoms with Gasteiger partial charge in [0.2, 0.25) is 0 Å². The van der Waals surface area contributed by atoms with Crippen molar-refractivity contribution in [1.82, 2.24) is 20.2 Å². The molecule has 1 amide bonds. The molecule has 0 bridgehead atoms. The van der Waals surface area contributed by atoms with Crippen molar-refractivity contribution in [2.75, 3.05) is 25.0 Å². The monoisotopic (exact) mass is 542 g/mol. The van der Waals surface area contributed by atoms with E-state index < -0.39 is 11.7 Å². The Morgan fingerprint density at radius 2 is 1.94 bits per heavy atom. The van der Waals surface area contributed by atoms with Gasteiger partial charge in [0.25, 0.3) is 0 Å². The zero-order valence-electron chi connectivity index (χ0n) is 18.9.